The van der Waals surface area contributed by atoms with Gasteiger partial charge in [0.05, 0.1) is 18.4 Å². The topological polar surface area (TPSA) is 202 Å². The fourth-order valence-corrected chi connectivity index (χ4v) is 3.60. The van der Waals surface area contributed by atoms with Gasteiger partial charge in [0.15, 0.2) is 17.0 Å². The molecule has 0 saturated heterocycles. The Labute approximate surface area is 200 Å². The zero-order chi connectivity index (χ0) is 25.7. The number of carboxylic acid groups (broad SMARTS) is 2. The van der Waals surface area contributed by atoms with Crippen LogP contribution in [-0.2, 0) is 16.1 Å². The van der Waals surface area contributed by atoms with Gasteiger partial charge < -0.3 is 31.5 Å². The average Bonchev–Trinajstić information content (AvgIpc) is 2.81. The summed E-state index contributed by atoms with van der Waals surface area (Å²) in [4.78, 5) is 55.1. The number of fused-ring (bicyclic) bond motifs is 1. The van der Waals surface area contributed by atoms with Gasteiger partial charge >= 0.3 is 11.9 Å². The highest BCUT2D eigenvalue weighted by atomic mass is 16.4. The van der Waals surface area contributed by atoms with Crippen LogP contribution in [0, 0.1) is 0 Å². The number of carbonyl (C=O) groups is 3. The van der Waals surface area contributed by atoms with Gasteiger partial charge in [-0.2, -0.15) is 9.97 Å². The summed E-state index contributed by atoms with van der Waals surface area (Å²) >= 11 is 0. The number of nitrogens with zero attached hydrogens (tertiary/aromatic N) is 6. The molecule has 3 aromatic rings. The van der Waals surface area contributed by atoms with Crippen LogP contribution in [0.3, 0.4) is 0 Å². The van der Waals surface area contributed by atoms with Crippen molar-refractivity contribution in [2.24, 2.45) is 0 Å². The molecule has 1 amide bonds. The molecule has 1 aromatic carbocycles. The van der Waals surface area contributed by atoms with Gasteiger partial charge in [0.1, 0.15) is 6.04 Å². The highest BCUT2D eigenvalue weighted by Gasteiger charge is 2.29. The highest BCUT2D eigenvalue weighted by Crippen LogP contribution is 2.20. The Morgan fingerprint density at radius 1 is 1.06 bits per heavy atom. The minimum absolute atomic E-state index is 0.0157. The number of likely N-dealkylation sites (N-methyl/N-ethyl adjacent to an activating group) is 1. The summed E-state index contributed by atoms with van der Waals surface area (Å²) in [5, 5.41) is 18.4. The van der Waals surface area contributed by atoms with Gasteiger partial charge in [-0.05, 0) is 37.6 Å². The monoisotopic (exact) mass is 482 g/mol. The number of carbonyl (C=O) groups excluding carboxylic acids is 1. The van der Waals surface area contributed by atoms with Gasteiger partial charge in [-0.3, -0.25) is 9.59 Å². The third-order valence-corrected chi connectivity index (χ3v) is 5.35. The van der Waals surface area contributed by atoms with Gasteiger partial charge in [-0.15, -0.1) is 0 Å². The molecule has 6 N–H and O–H groups in total. The maximum atomic E-state index is 13.0. The number of rotatable bonds is 10. The molecule has 1 atom stereocenters. The highest BCUT2D eigenvalue weighted by molar-refractivity contribution is 5.97. The summed E-state index contributed by atoms with van der Waals surface area (Å²) in [5.74, 6) is -2.71. The number of nitrogens with two attached hydrogens (primary N) is 2. The predicted octanol–water partition coefficient (Wildman–Crippen LogP) is 1.00. The third-order valence-electron chi connectivity index (χ3n) is 5.35. The molecule has 35 heavy (non-hydrogen) atoms. The summed E-state index contributed by atoms with van der Waals surface area (Å²) in [5.41, 5.74) is 13.8. The van der Waals surface area contributed by atoms with E-state index >= 15 is 0 Å². The van der Waals surface area contributed by atoms with Crippen LogP contribution in [0.4, 0.5) is 17.5 Å². The second kappa shape index (κ2) is 10.6. The summed E-state index contributed by atoms with van der Waals surface area (Å²) in [6.45, 7) is 2.14. The Bertz CT molecular complexity index is 1250. The normalized spacial score (nSPS) is 11.7. The molecule has 184 valence electrons. The predicted molar refractivity (Wildman–Crippen MR) is 128 cm³/mol. The second-order valence-corrected chi connectivity index (χ2v) is 7.78. The molecular formula is C22H26N8O5. The molecule has 0 bridgehead atoms. The van der Waals surface area contributed by atoms with Crippen LogP contribution in [0.15, 0.2) is 30.5 Å². The van der Waals surface area contributed by atoms with Crippen LogP contribution in [0.25, 0.3) is 11.2 Å². The lowest BCUT2D eigenvalue weighted by atomic mass is 10.1. The first-order chi connectivity index (χ1) is 16.6. The number of nitrogen functional groups attached to an aromatic ring is 2. The number of hydrogen-bond acceptors (Lipinski definition) is 10. The van der Waals surface area contributed by atoms with Gasteiger partial charge in [-0.1, -0.05) is 0 Å². The molecule has 0 saturated carbocycles. The molecule has 0 spiro atoms. The van der Waals surface area contributed by atoms with Crippen LogP contribution >= 0.6 is 0 Å². The van der Waals surface area contributed by atoms with Crippen molar-refractivity contribution in [1.82, 2.24) is 24.8 Å². The molecule has 0 aliphatic rings. The van der Waals surface area contributed by atoms with E-state index in [4.69, 9.17) is 16.6 Å². The molecule has 2 heterocycles. The fraction of sp³-hybridized carbons (Fsp3) is 0.318. The van der Waals surface area contributed by atoms with Crippen LogP contribution in [0.1, 0.15) is 35.8 Å². The van der Waals surface area contributed by atoms with Crippen molar-refractivity contribution in [1.29, 1.82) is 0 Å². The summed E-state index contributed by atoms with van der Waals surface area (Å²) in [6.07, 6.45) is 1.03. The van der Waals surface area contributed by atoms with Gasteiger partial charge in [0.2, 0.25) is 5.95 Å². The first-order valence-electron chi connectivity index (χ1n) is 10.7. The minimum atomic E-state index is -1.25. The van der Waals surface area contributed by atoms with E-state index in [0.29, 0.717) is 29.0 Å². The number of benzene rings is 1. The van der Waals surface area contributed by atoms with Gasteiger partial charge in [0.25, 0.3) is 5.91 Å². The van der Waals surface area contributed by atoms with E-state index in [1.165, 1.54) is 0 Å². The number of aromatic nitrogens is 4. The Morgan fingerprint density at radius 2 is 1.74 bits per heavy atom. The molecule has 0 aliphatic carbocycles. The molecule has 2 aromatic heterocycles. The molecule has 0 radical (unpaired) electrons. The lowest BCUT2D eigenvalue weighted by molar-refractivity contribution is -0.143. The Hall–Kier alpha value is -4.55. The number of aliphatic carboxylic acids is 2. The molecule has 13 nitrogen and oxygen atoms in total. The van der Waals surface area contributed by atoms with E-state index in [0.717, 1.165) is 10.6 Å². The average molecular weight is 483 g/mol. The van der Waals surface area contributed by atoms with Crippen LogP contribution in [-0.4, -0.2) is 72.5 Å². The standard InChI is InChI=1S/C22H26N8O5/c1-3-30(15(21(34)35)8-9-16(31)32)20(33)12-4-6-14(7-5-12)29(2)11-13-10-25-19-17(26-13)18(23)27-22(24)28-19/h4-7,10,15H,3,8-9,11H2,1-2H3,(H,31,32)(H,34,35)(H4,23,24,25,27,28). The molecule has 0 fully saturated rings. The fourth-order valence-electron chi connectivity index (χ4n) is 3.60. The number of anilines is 3. The van der Waals surface area contributed by atoms with Crippen molar-refractivity contribution in [2.75, 3.05) is 30.0 Å². The minimum Gasteiger partial charge on any atom is -0.481 e. The lowest BCUT2D eigenvalue weighted by Crippen LogP contribution is -2.45. The molecule has 0 aliphatic heterocycles. The van der Waals surface area contributed by atoms with E-state index < -0.39 is 23.9 Å². The Kier molecular flexibility index (Phi) is 7.59. The largest absolute Gasteiger partial charge is 0.481 e. The number of carboxylic acids is 2. The van der Waals surface area contributed by atoms with Crippen molar-refractivity contribution in [3.05, 3.63) is 41.7 Å². The first-order valence-corrected chi connectivity index (χ1v) is 10.7. The maximum absolute atomic E-state index is 13.0. The van der Waals surface area contributed by atoms with E-state index in [-0.39, 0.29) is 31.2 Å². The van der Waals surface area contributed by atoms with E-state index in [1.54, 1.807) is 37.4 Å². The second-order valence-electron chi connectivity index (χ2n) is 7.78. The van der Waals surface area contributed by atoms with Crippen molar-refractivity contribution in [2.45, 2.75) is 32.4 Å². The van der Waals surface area contributed by atoms with Crippen LogP contribution < -0.4 is 16.4 Å². The first kappa shape index (κ1) is 25.1. The quantitative estimate of drug-likeness (QED) is 0.320. The van der Waals surface area contributed by atoms with Crippen molar-refractivity contribution in [3.8, 4) is 0 Å². The third kappa shape index (κ3) is 5.88. The summed E-state index contributed by atoms with van der Waals surface area (Å²) < 4.78 is 0. The van der Waals surface area contributed by atoms with E-state index in [9.17, 15) is 19.5 Å². The van der Waals surface area contributed by atoms with Crippen molar-refractivity contribution in [3.63, 3.8) is 0 Å². The molecule has 13 heteroatoms. The maximum Gasteiger partial charge on any atom is 0.326 e. The smallest absolute Gasteiger partial charge is 0.326 e. The number of hydrogen-bond donors (Lipinski definition) is 4. The Balaban J connectivity index is 1.74. The van der Waals surface area contributed by atoms with Gasteiger partial charge in [-0.25, -0.2) is 14.8 Å². The van der Waals surface area contributed by atoms with E-state index in [1.807, 2.05) is 11.9 Å². The SMILES string of the molecule is CCN(C(=O)c1ccc(N(C)Cc2cnc3nc(N)nc(N)c3n2)cc1)C(CCC(=O)O)C(=O)O. The lowest BCUT2D eigenvalue weighted by Gasteiger charge is -2.28. The number of amides is 1. The molecule has 1 unspecified atom stereocenters. The molecule has 3 rings (SSSR count). The van der Waals surface area contributed by atoms with Crippen LogP contribution in [0.2, 0.25) is 0 Å². The van der Waals surface area contributed by atoms with Crippen molar-refractivity contribution >= 4 is 46.5 Å². The zero-order valence-corrected chi connectivity index (χ0v) is 19.2. The van der Waals surface area contributed by atoms with Crippen molar-refractivity contribution < 1.29 is 24.6 Å². The van der Waals surface area contributed by atoms with E-state index in [2.05, 4.69) is 19.9 Å². The summed E-state index contributed by atoms with van der Waals surface area (Å²) in [6, 6.07) is 5.40. The van der Waals surface area contributed by atoms with Crippen LogP contribution in [0.5, 0.6) is 0 Å². The Morgan fingerprint density at radius 3 is 2.34 bits per heavy atom. The summed E-state index contributed by atoms with van der Waals surface area (Å²) in [7, 11) is 1.83. The zero-order valence-electron chi connectivity index (χ0n) is 19.2. The molecular weight excluding hydrogens is 456 g/mol. The van der Waals surface area contributed by atoms with Gasteiger partial charge in [0, 0.05) is 31.3 Å².